The summed E-state index contributed by atoms with van der Waals surface area (Å²) in [5.41, 5.74) is 2.02. The summed E-state index contributed by atoms with van der Waals surface area (Å²) in [6, 6.07) is 17.8. The van der Waals surface area contributed by atoms with Crippen molar-refractivity contribution in [2.45, 2.75) is 26.4 Å². The molecule has 2 aromatic carbocycles. The van der Waals surface area contributed by atoms with E-state index in [0.717, 1.165) is 42.2 Å². The van der Waals surface area contributed by atoms with Gasteiger partial charge in [0, 0.05) is 12.2 Å². The van der Waals surface area contributed by atoms with Crippen LogP contribution in [0.5, 0.6) is 5.75 Å². The van der Waals surface area contributed by atoms with Crippen molar-refractivity contribution in [1.29, 1.82) is 0 Å². The normalized spacial score (nSPS) is 10.3. The molecule has 0 saturated heterocycles. The second-order valence-corrected chi connectivity index (χ2v) is 5.87. The first-order valence-electron chi connectivity index (χ1n) is 8.81. The number of aromatic nitrogens is 3. The molecule has 3 aromatic rings. The molecule has 2 N–H and O–H groups in total. The third kappa shape index (κ3) is 5.44. The van der Waals surface area contributed by atoms with Gasteiger partial charge in [-0.15, -0.1) is 5.10 Å². The van der Waals surface area contributed by atoms with Gasteiger partial charge >= 0.3 is 0 Å². The van der Waals surface area contributed by atoms with Gasteiger partial charge in [0.1, 0.15) is 12.4 Å². The molecular formula is C20H23N5O. The zero-order valence-electron chi connectivity index (χ0n) is 14.9. The van der Waals surface area contributed by atoms with Gasteiger partial charge in [0.25, 0.3) is 0 Å². The maximum absolute atomic E-state index is 5.79. The number of rotatable bonds is 9. The number of nitrogens with one attached hydrogen (secondary N) is 2. The quantitative estimate of drug-likeness (QED) is 0.558. The van der Waals surface area contributed by atoms with E-state index < -0.39 is 0 Å². The fourth-order valence-corrected chi connectivity index (χ4v) is 2.34. The molecular weight excluding hydrogens is 326 g/mol. The van der Waals surface area contributed by atoms with E-state index in [1.54, 1.807) is 6.20 Å². The lowest BCUT2D eigenvalue weighted by Crippen LogP contribution is -2.06. The Labute approximate surface area is 153 Å². The van der Waals surface area contributed by atoms with Crippen LogP contribution in [0.25, 0.3) is 0 Å². The molecule has 26 heavy (non-hydrogen) atoms. The Kier molecular flexibility index (Phi) is 6.36. The minimum Gasteiger partial charge on any atom is -0.489 e. The van der Waals surface area contributed by atoms with Gasteiger partial charge in [0.05, 0.1) is 6.20 Å². The summed E-state index contributed by atoms with van der Waals surface area (Å²) in [7, 11) is 0. The van der Waals surface area contributed by atoms with Crippen LogP contribution in [-0.2, 0) is 6.61 Å². The lowest BCUT2D eigenvalue weighted by Gasteiger charge is -2.09. The summed E-state index contributed by atoms with van der Waals surface area (Å²) in [4.78, 5) is 4.41. The summed E-state index contributed by atoms with van der Waals surface area (Å²) in [5, 5.41) is 14.4. The molecule has 0 fully saturated rings. The highest BCUT2D eigenvalue weighted by Crippen LogP contribution is 2.19. The Morgan fingerprint density at radius 1 is 1.00 bits per heavy atom. The summed E-state index contributed by atoms with van der Waals surface area (Å²) in [6.45, 7) is 3.58. The van der Waals surface area contributed by atoms with Gasteiger partial charge in [0.15, 0.2) is 5.82 Å². The number of anilines is 3. The molecule has 1 aromatic heterocycles. The highest BCUT2D eigenvalue weighted by molar-refractivity contribution is 5.55. The van der Waals surface area contributed by atoms with Crippen LogP contribution in [-0.4, -0.2) is 21.7 Å². The number of benzene rings is 2. The molecule has 0 aliphatic carbocycles. The van der Waals surface area contributed by atoms with E-state index in [2.05, 4.69) is 32.7 Å². The van der Waals surface area contributed by atoms with Gasteiger partial charge in [-0.2, -0.15) is 10.1 Å². The van der Waals surface area contributed by atoms with Crippen molar-refractivity contribution in [3.05, 3.63) is 66.4 Å². The summed E-state index contributed by atoms with van der Waals surface area (Å²) in [6.07, 6.45) is 3.86. The van der Waals surface area contributed by atoms with Crippen LogP contribution in [0.2, 0.25) is 0 Å². The minimum atomic E-state index is 0.462. The molecule has 0 bridgehead atoms. The van der Waals surface area contributed by atoms with E-state index in [4.69, 9.17) is 4.74 Å². The van der Waals surface area contributed by atoms with Crippen LogP contribution in [0.4, 0.5) is 17.5 Å². The second kappa shape index (κ2) is 9.36. The average molecular weight is 349 g/mol. The van der Waals surface area contributed by atoms with E-state index in [9.17, 15) is 0 Å². The Morgan fingerprint density at radius 2 is 1.81 bits per heavy atom. The van der Waals surface area contributed by atoms with E-state index in [1.807, 2.05) is 54.6 Å². The van der Waals surface area contributed by atoms with Crippen LogP contribution >= 0.6 is 0 Å². The SMILES string of the molecule is CCCCNc1cnnc(Nc2ccc(OCc3ccccc3)cc2)n1. The maximum Gasteiger partial charge on any atom is 0.249 e. The maximum atomic E-state index is 5.79. The lowest BCUT2D eigenvalue weighted by atomic mass is 10.2. The molecule has 0 aliphatic rings. The van der Waals surface area contributed by atoms with Crippen LogP contribution in [0.15, 0.2) is 60.8 Å². The van der Waals surface area contributed by atoms with E-state index in [1.165, 1.54) is 0 Å². The number of nitrogens with zero attached hydrogens (tertiary/aromatic N) is 3. The van der Waals surface area contributed by atoms with Gasteiger partial charge < -0.3 is 15.4 Å². The summed E-state index contributed by atoms with van der Waals surface area (Å²) >= 11 is 0. The Hall–Kier alpha value is -3.15. The standard InChI is InChI=1S/C20H23N5O/c1-2-3-13-21-19-14-22-25-20(24-19)23-17-9-11-18(12-10-17)26-15-16-7-5-4-6-8-16/h4-12,14H,2-3,13,15H2,1H3,(H2,21,23,24,25). The van der Waals surface area contributed by atoms with Crippen LogP contribution in [0.1, 0.15) is 25.3 Å². The molecule has 3 rings (SSSR count). The molecule has 0 spiro atoms. The van der Waals surface area contributed by atoms with Crippen molar-refractivity contribution in [3.8, 4) is 5.75 Å². The van der Waals surface area contributed by atoms with E-state index >= 15 is 0 Å². The average Bonchev–Trinajstić information content (AvgIpc) is 2.69. The third-order valence-electron chi connectivity index (χ3n) is 3.75. The van der Waals surface area contributed by atoms with Crippen molar-refractivity contribution in [3.63, 3.8) is 0 Å². The van der Waals surface area contributed by atoms with Crippen molar-refractivity contribution in [2.75, 3.05) is 17.2 Å². The predicted octanol–water partition coefficient (Wildman–Crippen LogP) is 4.41. The van der Waals surface area contributed by atoms with Gasteiger partial charge in [-0.3, -0.25) is 0 Å². The van der Waals surface area contributed by atoms with Crippen molar-refractivity contribution in [1.82, 2.24) is 15.2 Å². The smallest absolute Gasteiger partial charge is 0.249 e. The van der Waals surface area contributed by atoms with Crippen LogP contribution in [0, 0.1) is 0 Å². The number of unbranched alkanes of at least 4 members (excludes halogenated alkanes) is 1. The molecule has 0 unspecified atom stereocenters. The molecule has 0 atom stereocenters. The second-order valence-electron chi connectivity index (χ2n) is 5.87. The summed E-state index contributed by atoms with van der Waals surface area (Å²) in [5.74, 6) is 2.00. The fraction of sp³-hybridized carbons (Fsp3) is 0.250. The first-order chi connectivity index (χ1) is 12.8. The molecule has 0 saturated carbocycles. The number of hydrogen-bond donors (Lipinski definition) is 2. The molecule has 134 valence electrons. The van der Waals surface area contributed by atoms with Crippen molar-refractivity contribution < 1.29 is 4.74 Å². The largest absolute Gasteiger partial charge is 0.489 e. The Balaban J connectivity index is 1.54. The predicted molar refractivity (Wildman–Crippen MR) is 104 cm³/mol. The molecule has 6 heteroatoms. The van der Waals surface area contributed by atoms with Gasteiger partial charge in [-0.05, 0) is 36.2 Å². The Bertz CT molecular complexity index is 793. The molecule has 0 amide bonds. The minimum absolute atomic E-state index is 0.462. The number of hydrogen-bond acceptors (Lipinski definition) is 6. The highest BCUT2D eigenvalue weighted by atomic mass is 16.5. The van der Waals surface area contributed by atoms with E-state index in [-0.39, 0.29) is 0 Å². The van der Waals surface area contributed by atoms with Crippen molar-refractivity contribution >= 4 is 17.5 Å². The highest BCUT2D eigenvalue weighted by Gasteiger charge is 2.02. The molecule has 0 radical (unpaired) electrons. The zero-order valence-corrected chi connectivity index (χ0v) is 14.9. The third-order valence-corrected chi connectivity index (χ3v) is 3.75. The lowest BCUT2D eigenvalue weighted by molar-refractivity contribution is 0.306. The Morgan fingerprint density at radius 3 is 2.58 bits per heavy atom. The number of ether oxygens (including phenoxy) is 1. The van der Waals surface area contributed by atoms with Gasteiger partial charge in [0.2, 0.25) is 5.95 Å². The molecule has 0 aliphatic heterocycles. The topological polar surface area (TPSA) is 72.0 Å². The summed E-state index contributed by atoms with van der Waals surface area (Å²) < 4.78 is 5.79. The first-order valence-corrected chi connectivity index (χ1v) is 8.81. The first kappa shape index (κ1) is 17.7. The van der Waals surface area contributed by atoms with Gasteiger partial charge in [-0.1, -0.05) is 43.7 Å². The monoisotopic (exact) mass is 349 g/mol. The molecule has 1 heterocycles. The van der Waals surface area contributed by atoms with Crippen LogP contribution < -0.4 is 15.4 Å². The molecule has 6 nitrogen and oxygen atoms in total. The fourth-order valence-electron chi connectivity index (χ4n) is 2.34. The van der Waals surface area contributed by atoms with Gasteiger partial charge in [-0.25, -0.2) is 0 Å². The van der Waals surface area contributed by atoms with E-state index in [0.29, 0.717) is 12.6 Å². The zero-order chi connectivity index (χ0) is 18.0. The van der Waals surface area contributed by atoms with Crippen molar-refractivity contribution in [2.24, 2.45) is 0 Å². The van der Waals surface area contributed by atoms with Crippen LogP contribution in [0.3, 0.4) is 0 Å².